The fourth-order valence-electron chi connectivity index (χ4n) is 7.84. The number of carboxylic acids is 1. The molecule has 1 aliphatic rings. The van der Waals surface area contributed by atoms with Crippen molar-refractivity contribution < 1.29 is 47.9 Å². The first-order valence-corrected chi connectivity index (χ1v) is 23.3. The minimum Gasteiger partial charge on any atom is -0.480 e. The van der Waals surface area contributed by atoms with E-state index in [1.54, 1.807) is 57.2 Å². The van der Waals surface area contributed by atoms with Crippen LogP contribution in [0.1, 0.15) is 97.0 Å². The number of rotatable bonds is 24. The fraction of sp³-hybridized carbons (Fsp3) is 0.367. The van der Waals surface area contributed by atoms with Crippen LogP contribution in [0.15, 0.2) is 66.7 Å². The van der Waals surface area contributed by atoms with Gasteiger partial charge in [-0.25, -0.2) is 19.2 Å². The highest BCUT2D eigenvalue weighted by Crippen LogP contribution is 2.26. The van der Waals surface area contributed by atoms with Crippen molar-refractivity contribution in [3.05, 3.63) is 101 Å². The Labute approximate surface area is 412 Å². The zero-order chi connectivity index (χ0) is 52.1. The molecular formula is C49H56FN13O9. The van der Waals surface area contributed by atoms with Crippen LogP contribution in [-0.4, -0.2) is 119 Å². The molecule has 5 aromatic rings. The normalized spacial score (nSPS) is 13.4. The molecule has 0 unspecified atom stereocenters. The summed E-state index contributed by atoms with van der Waals surface area (Å²) in [6.45, 7) is 6.91. The fourth-order valence-corrected chi connectivity index (χ4v) is 7.84. The number of nitrogens with zero attached hydrogens (tertiary/aromatic N) is 6. The van der Waals surface area contributed by atoms with Crippen LogP contribution in [0.3, 0.4) is 0 Å². The molecule has 0 fully saturated rings. The molecular weight excluding hydrogens is 934 g/mol. The van der Waals surface area contributed by atoms with Crippen LogP contribution in [0.4, 0.5) is 15.9 Å². The standard InChI is InChI=1S/C49H56FN13O9/c1-26(2)42(58-37(64)10-6-5-7-24-63-38(65)21-22-39(63)66)48(70)53-27(3)45(67)56-32-18-19-33(34(25-32)44-59-61-62-60-44)47(69)52-23-8-9-36(49(71)72)57-46(68)31-15-12-29(13-16-31)11-14-30-17-20-35-40(41(30)50)43(51)55-28(4)54-35/h12-13,15-22,25-27,36,42H,5-11,14,23-24H2,1-4H3,(H,52,69)(H,53,70)(H,56,67)(H,57,68)(H,58,64)(H,71,72)(H2,51,54,55)(H,59,60,61,62)/t27-,36-,42-/m0/s1. The van der Waals surface area contributed by atoms with Gasteiger partial charge in [0.2, 0.25) is 23.5 Å². The number of tetrazole rings is 1. The SMILES string of the molecule is Cc1nc(N)c2c(F)c(CCc3ccc(C(=O)N[C@@H](CCCNC(=O)c4ccc(NC(=O)[C@H](C)NC(=O)[C@@H](NC(=O)CCCCCN5C(=O)C=CC5=O)C(C)C)cc4-c4nn[nH]n4)C(=O)O)cc3)ccc2n1. The third-order valence-corrected chi connectivity index (χ3v) is 11.8. The number of aromatic amines is 1. The van der Waals surface area contributed by atoms with Gasteiger partial charge in [0.1, 0.15) is 35.6 Å². The first-order chi connectivity index (χ1) is 34.4. The Morgan fingerprint density at radius 2 is 1.57 bits per heavy atom. The Bertz CT molecular complexity index is 2860. The molecule has 22 nitrogen and oxygen atoms in total. The lowest BCUT2D eigenvalue weighted by atomic mass is 10.0. The number of H-pyrrole nitrogens is 1. The van der Waals surface area contributed by atoms with Crippen molar-refractivity contribution in [3.63, 3.8) is 0 Å². The molecule has 0 saturated heterocycles. The number of hydrogen-bond acceptors (Lipinski definition) is 14. The van der Waals surface area contributed by atoms with Gasteiger partial charge in [0.25, 0.3) is 23.6 Å². The number of aryl methyl sites for hydroxylation is 3. The number of benzene rings is 3. The minimum atomic E-state index is -1.28. The Balaban J connectivity index is 0.958. The average Bonchev–Trinajstić information content (AvgIpc) is 4.00. The van der Waals surface area contributed by atoms with Gasteiger partial charge in [0, 0.05) is 48.5 Å². The second-order valence-corrected chi connectivity index (χ2v) is 17.5. The molecule has 23 heteroatoms. The maximum atomic E-state index is 15.3. The number of nitrogen functional groups attached to an aromatic ring is 1. The van der Waals surface area contributed by atoms with E-state index >= 15 is 4.39 Å². The third kappa shape index (κ3) is 13.8. The number of hydrogen-bond donors (Lipinski definition) is 8. The summed E-state index contributed by atoms with van der Waals surface area (Å²) in [6, 6.07) is 10.9. The molecule has 7 amide bonds. The van der Waals surface area contributed by atoms with Crippen LogP contribution in [0.25, 0.3) is 22.3 Å². The van der Waals surface area contributed by atoms with Crippen molar-refractivity contribution in [2.24, 2.45) is 5.92 Å². The number of fused-ring (bicyclic) bond motifs is 1. The van der Waals surface area contributed by atoms with Gasteiger partial charge in [-0.15, -0.1) is 10.2 Å². The summed E-state index contributed by atoms with van der Waals surface area (Å²) in [5, 5.41) is 37.2. The second kappa shape index (κ2) is 24.4. The van der Waals surface area contributed by atoms with E-state index in [-0.39, 0.29) is 95.4 Å². The lowest BCUT2D eigenvalue weighted by Gasteiger charge is -2.24. The summed E-state index contributed by atoms with van der Waals surface area (Å²) < 4.78 is 15.3. The number of amides is 7. The second-order valence-electron chi connectivity index (χ2n) is 17.5. The third-order valence-electron chi connectivity index (χ3n) is 11.8. The summed E-state index contributed by atoms with van der Waals surface area (Å²) >= 11 is 0. The van der Waals surface area contributed by atoms with Gasteiger partial charge in [-0.3, -0.25) is 38.5 Å². The summed E-state index contributed by atoms with van der Waals surface area (Å²) in [5.74, 6) is -5.03. The smallest absolute Gasteiger partial charge is 0.326 e. The number of imide groups is 1. The summed E-state index contributed by atoms with van der Waals surface area (Å²) in [6.07, 6.45) is 5.04. The number of anilines is 2. The van der Waals surface area contributed by atoms with Gasteiger partial charge in [-0.2, -0.15) is 5.21 Å². The molecule has 0 saturated carbocycles. The van der Waals surface area contributed by atoms with Crippen LogP contribution in [0.5, 0.6) is 0 Å². The maximum Gasteiger partial charge on any atom is 0.326 e. The Hall–Kier alpha value is -8.50. The maximum absolute atomic E-state index is 15.3. The van der Waals surface area contributed by atoms with Crippen molar-refractivity contribution in [2.75, 3.05) is 24.1 Å². The number of aliphatic carboxylic acids is 1. The molecule has 2 aromatic heterocycles. The van der Waals surface area contributed by atoms with Gasteiger partial charge < -0.3 is 37.4 Å². The van der Waals surface area contributed by atoms with E-state index in [1.807, 2.05) is 0 Å². The largest absolute Gasteiger partial charge is 0.480 e. The molecule has 0 bridgehead atoms. The van der Waals surface area contributed by atoms with Crippen molar-refractivity contribution >= 4 is 69.7 Å². The predicted molar refractivity (Wildman–Crippen MR) is 260 cm³/mol. The van der Waals surface area contributed by atoms with Gasteiger partial charge in [0.15, 0.2) is 0 Å². The van der Waals surface area contributed by atoms with Crippen LogP contribution >= 0.6 is 0 Å². The number of carboxylic acid groups (broad SMARTS) is 1. The van der Waals surface area contributed by atoms with Crippen molar-refractivity contribution in [1.82, 2.24) is 56.8 Å². The van der Waals surface area contributed by atoms with Crippen molar-refractivity contribution in [1.29, 1.82) is 0 Å². The molecule has 0 aliphatic carbocycles. The molecule has 1 aliphatic heterocycles. The molecule has 9 N–H and O–H groups in total. The lowest BCUT2D eigenvalue weighted by Crippen LogP contribution is -2.53. The molecule has 378 valence electrons. The van der Waals surface area contributed by atoms with Gasteiger partial charge in [0.05, 0.1) is 16.5 Å². The van der Waals surface area contributed by atoms with E-state index in [9.17, 15) is 43.5 Å². The number of aromatic nitrogens is 6. The summed E-state index contributed by atoms with van der Waals surface area (Å²) in [4.78, 5) is 111. The van der Waals surface area contributed by atoms with Crippen LogP contribution < -0.4 is 32.3 Å². The van der Waals surface area contributed by atoms with Crippen LogP contribution in [0, 0.1) is 18.7 Å². The first-order valence-electron chi connectivity index (χ1n) is 23.3. The highest BCUT2D eigenvalue weighted by atomic mass is 19.1. The number of unbranched alkanes of at least 4 members (excludes halogenated alkanes) is 2. The summed E-state index contributed by atoms with van der Waals surface area (Å²) in [7, 11) is 0. The zero-order valence-corrected chi connectivity index (χ0v) is 40.1. The minimum absolute atomic E-state index is 0.0206. The van der Waals surface area contributed by atoms with E-state index in [2.05, 4.69) is 57.2 Å². The van der Waals surface area contributed by atoms with Crippen molar-refractivity contribution in [3.8, 4) is 11.4 Å². The van der Waals surface area contributed by atoms with E-state index in [0.717, 1.165) is 10.5 Å². The first kappa shape index (κ1) is 52.9. The lowest BCUT2D eigenvalue weighted by molar-refractivity contribution is -0.139. The Morgan fingerprint density at radius 3 is 2.25 bits per heavy atom. The highest BCUT2D eigenvalue weighted by molar-refractivity contribution is 6.13. The molecule has 3 heterocycles. The zero-order valence-electron chi connectivity index (χ0n) is 40.1. The topological polar surface area (TPSA) is 326 Å². The van der Waals surface area contributed by atoms with E-state index in [4.69, 9.17) is 5.73 Å². The molecule has 3 atom stereocenters. The van der Waals surface area contributed by atoms with E-state index in [0.29, 0.717) is 49.0 Å². The molecule has 72 heavy (non-hydrogen) atoms. The monoisotopic (exact) mass is 989 g/mol. The van der Waals surface area contributed by atoms with E-state index in [1.165, 1.54) is 37.3 Å². The Morgan fingerprint density at radius 1 is 0.833 bits per heavy atom. The molecule has 6 rings (SSSR count). The summed E-state index contributed by atoms with van der Waals surface area (Å²) in [5.41, 5.74) is 8.37. The van der Waals surface area contributed by atoms with Crippen LogP contribution in [-0.2, 0) is 41.6 Å². The quantitative estimate of drug-likeness (QED) is 0.0325. The number of halogens is 1. The van der Waals surface area contributed by atoms with Gasteiger partial charge in [-0.1, -0.05) is 38.5 Å². The average molecular weight is 990 g/mol. The Kier molecular flexibility index (Phi) is 17.9. The molecule has 0 radical (unpaired) electrons. The highest BCUT2D eigenvalue weighted by Gasteiger charge is 2.28. The molecule has 0 spiro atoms. The molecule has 3 aromatic carbocycles. The number of carbonyl (C=O) groups excluding carboxylic acids is 7. The van der Waals surface area contributed by atoms with E-state index < -0.39 is 53.5 Å². The van der Waals surface area contributed by atoms with Crippen LogP contribution in [0.2, 0.25) is 0 Å². The number of nitrogens with two attached hydrogens (primary N) is 1. The van der Waals surface area contributed by atoms with Crippen molar-refractivity contribution in [2.45, 2.75) is 97.2 Å². The number of carbonyl (C=O) groups is 8. The number of nitrogens with one attached hydrogen (secondary N) is 6. The van der Waals surface area contributed by atoms with Gasteiger partial charge in [-0.05, 0) is 111 Å². The van der Waals surface area contributed by atoms with Gasteiger partial charge >= 0.3 is 5.97 Å². The predicted octanol–water partition coefficient (Wildman–Crippen LogP) is 3.09.